The van der Waals surface area contributed by atoms with Gasteiger partial charge in [0.1, 0.15) is 17.4 Å². The third-order valence-electron chi connectivity index (χ3n) is 2.84. The lowest BCUT2D eigenvalue weighted by Crippen LogP contribution is -2.13. The number of amides is 1. The van der Waals surface area contributed by atoms with Crippen molar-refractivity contribution in [2.75, 3.05) is 12.4 Å². The van der Waals surface area contributed by atoms with Crippen LogP contribution in [-0.4, -0.2) is 13.0 Å². The number of nitrogens with zero attached hydrogens (tertiary/aromatic N) is 1. The van der Waals surface area contributed by atoms with Gasteiger partial charge in [0.15, 0.2) is 0 Å². The first-order valence-electron chi connectivity index (χ1n) is 6.36. The molecule has 1 amide bonds. The third-order valence-corrected chi connectivity index (χ3v) is 2.84. The number of nitriles is 1. The first kappa shape index (κ1) is 14.4. The number of methoxy groups -OCH3 is 1. The van der Waals surface area contributed by atoms with Gasteiger partial charge in [0.25, 0.3) is 5.91 Å². The number of carbonyl (C=O) groups excluding carboxylic acids is 1. The molecule has 0 bridgehead atoms. The number of anilines is 1. The monoisotopic (exact) mass is 278 g/mol. The summed E-state index contributed by atoms with van der Waals surface area (Å²) >= 11 is 0. The van der Waals surface area contributed by atoms with Gasteiger partial charge in [0, 0.05) is 11.3 Å². The number of benzene rings is 2. The molecule has 4 heteroatoms. The zero-order valence-corrected chi connectivity index (χ0v) is 11.5. The predicted molar refractivity (Wildman–Crippen MR) is 81.7 cm³/mol. The highest BCUT2D eigenvalue weighted by molar-refractivity contribution is 6.09. The maximum absolute atomic E-state index is 12.1. The Hall–Kier alpha value is -3.06. The van der Waals surface area contributed by atoms with Crippen molar-refractivity contribution in [1.82, 2.24) is 0 Å². The van der Waals surface area contributed by atoms with Gasteiger partial charge in [0.05, 0.1) is 7.11 Å². The van der Waals surface area contributed by atoms with Crippen LogP contribution >= 0.6 is 0 Å². The van der Waals surface area contributed by atoms with Crippen molar-refractivity contribution in [2.45, 2.75) is 0 Å². The summed E-state index contributed by atoms with van der Waals surface area (Å²) in [7, 11) is 1.54. The largest absolute Gasteiger partial charge is 0.496 e. The Balaban J connectivity index is 2.25. The van der Waals surface area contributed by atoms with Gasteiger partial charge in [-0.1, -0.05) is 36.4 Å². The highest BCUT2D eigenvalue weighted by atomic mass is 16.5. The van der Waals surface area contributed by atoms with Gasteiger partial charge >= 0.3 is 0 Å². The molecule has 0 spiro atoms. The molecule has 2 rings (SSSR count). The van der Waals surface area contributed by atoms with Crippen LogP contribution in [0.1, 0.15) is 5.56 Å². The van der Waals surface area contributed by atoms with Crippen LogP contribution in [0.25, 0.3) is 6.08 Å². The molecule has 21 heavy (non-hydrogen) atoms. The highest BCUT2D eigenvalue weighted by Gasteiger charge is 2.10. The summed E-state index contributed by atoms with van der Waals surface area (Å²) < 4.78 is 5.20. The number of nitrogens with one attached hydrogen (secondary N) is 1. The second-order valence-electron chi connectivity index (χ2n) is 4.23. The molecule has 2 aromatic rings. The van der Waals surface area contributed by atoms with Crippen molar-refractivity contribution >= 4 is 17.7 Å². The Morgan fingerprint density at radius 3 is 2.48 bits per heavy atom. The molecule has 104 valence electrons. The van der Waals surface area contributed by atoms with E-state index in [4.69, 9.17) is 4.74 Å². The zero-order valence-electron chi connectivity index (χ0n) is 11.5. The molecule has 4 nitrogen and oxygen atoms in total. The van der Waals surface area contributed by atoms with Crippen LogP contribution in [0.2, 0.25) is 0 Å². The molecule has 0 aliphatic heterocycles. The lowest BCUT2D eigenvalue weighted by molar-refractivity contribution is -0.112. The maximum Gasteiger partial charge on any atom is 0.266 e. The summed E-state index contributed by atoms with van der Waals surface area (Å²) in [4.78, 5) is 12.1. The summed E-state index contributed by atoms with van der Waals surface area (Å²) in [5.74, 6) is 0.160. The molecule has 0 fully saturated rings. The highest BCUT2D eigenvalue weighted by Crippen LogP contribution is 2.20. The lowest BCUT2D eigenvalue weighted by atomic mass is 10.1. The van der Waals surface area contributed by atoms with Crippen molar-refractivity contribution < 1.29 is 9.53 Å². The topological polar surface area (TPSA) is 62.1 Å². The Kier molecular flexibility index (Phi) is 4.73. The van der Waals surface area contributed by atoms with Gasteiger partial charge in [-0.05, 0) is 24.3 Å². The van der Waals surface area contributed by atoms with Gasteiger partial charge in [-0.3, -0.25) is 4.79 Å². The fraction of sp³-hybridized carbons (Fsp3) is 0.0588. The summed E-state index contributed by atoms with van der Waals surface area (Å²) in [5.41, 5.74) is 1.34. The van der Waals surface area contributed by atoms with Crippen LogP contribution < -0.4 is 10.1 Å². The maximum atomic E-state index is 12.1. The summed E-state index contributed by atoms with van der Waals surface area (Å²) in [6.07, 6.45) is 1.51. The van der Waals surface area contributed by atoms with E-state index in [1.165, 1.54) is 6.08 Å². The number of ether oxygens (including phenoxy) is 1. The molecule has 0 saturated carbocycles. The Morgan fingerprint density at radius 2 is 1.81 bits per heavy atom. The van der Waals surface area contributed by atoms with E-state index in [0.29, 0.717) is 17.0 Å². The molecule has 0 aliphatic carbocycles. The van der Waals surface area contributed by atoms with E-state index < -0.39 is 5.91 Å². The Bertz CT molecular complexity index is 700. The molecule has 0 aliphatic rings. The smallest absolute Gasteiger partial charge is 0.266 e. The van der Waals surface area contributed by atoms with Gasteiger partial charge in [-0.2, -0.15) is 5.26 Å². The fourth-order valence-electron chi connectivity index (χ4n) is 1.81. The second kappa shape index (κ2) is 6.92. The Morgan fingerprint density at radius 1 is 1.14 bits per heavy atom. The molecular weight excluding hydrogens is 264 g/mol. The van der Waals surface area contributed by atoms with Crippen molar-refractivity contribution in [2.24, 2.45) is 0 Å². The van der Waals surface area contributed by atoms with Crippen LogP contribution in [0, 0.1) is 11.3 Å². The number of hydrogen-bond acceptors (Lipinski definition) is 3. The third kappa shape index (κ3) is 3.71. The molecule has 0 radical (unpaired) electrons. The van der Waals surface area contributed by atoms with E-state index >= 15 is 0 Å². The molecule has 0 aromatic heterocycles. The minimum atomic E-state index is -0.449. The normalized spacial score (nSPS) is 10.6. The fourth-order valence-corrected chi connectivity index (χ4v) is 1.81. The average molecular weight is 278 g/mol. The van der Waals surface area contributed by atoms with Crippen LogP contribution in [0.15, 0.2) is 60.2 Å². The quantitative estimate of drug-likeness (QED) is 0.689. The van der Waals surface area contributed by atoms with E-state index in [9.17, 15) is 10.1 Å². The standard InChI is InChI=1S/C17H14N2O2/c1-21-16-10-6-5-7-13(16)11-14(12-18)17(20)19-15-8-3-2-4-9-15/h2-11H,1H3,(H,19,20)/b14-11+. The first-order chi connectivity index (χ1) is 10.2. The molecule has 2 aromatic carbocycles. The van der Waals surface area contributed by atoms with E-state index in [-0.39, 0.29) is 5.57 Å². The number of carbonyl (C=O) groups is 1. The van der Waals surface area contributed by atoms with Crippen molar-refractivity contribution in [3.63, 3.8) is 0 Å². The van der Waals surface area contributed by atoms with Crippen LogP contribution in [0.3, 0.4) is 0 Å². The number of hydrogen-bond donors (Lipinski definition) is 1. The van der Waals surface area contributed by atoms with Gasteiger partial charge in [-0.25, -0.2) is 0 Å². The van der Waals surface area contributed by atoms with Crippen molar-refractivity contribution in [1.29, 1.82) is 5.26 Å². The minimum Gasteiger partial charge on any atom is -0.496 e. The van der Waals surface area contributed by atoms with Gasteiger partial charge < -0.3 is 10.1 Å². The SMILES string of the molecule is COc1ccccc1/C=C(\C#N)C(=O)Nc1ccccc1. The van der Waals surface area contributed by atoms with E-state index in [1.807, 2.05) is 36.4 Å². The number of para-hydroxylation sites is 2. The van der Waals surface area contributed by atoms with Crippen molar-refractivity contribution in [3.8, 4) is 11.8 Å². The number of rotatable bonds is 4. The van der Waals surface area contributed by atoms with Crippen molar-refractivity contribution in [3.05, 3.63) is 65.7 Å². The molecule has 1 N–H and O–H groups in total. The van der Waals surface area contributed by atoms with E-state index in [2.05, 4.69) is 5.32 Å². The molecule has 0 saturated heterocycles. The molecule has 0 atom stereocenters. The first-order valence-corrected chi connectivity index (χ1v) is 6.36. The zero-order chi connectivity index (χ0) is 15.1. The van der Waals surface area contributed by atoms with Crippen LogP contribution in [0.4, 0.5) is 5.69 Å². The van der Waals surface area contributed by atoms with E-state index in [0.717, 1.165) is 0 Å². The second-order valence-corrected chi connectivity index (χ2v) is 4.23. The van der Waals surface area contributed by atoms with E-state index in [1.54, 1.807) is 31.4 Å². The lowest BCUT2D eigenvalue weighted by Gasteiger charge is -2.06. The minimum absolute atomic E-state index is 0.0170. The predicted octanol–water partition coefficient (Wildman–Crippen LogP) is 3.24. The average Bonchev–Trinajstić information content (AvgIpc) is 2.53. The summed E-state index contributed by atoms with van der Waals surface area (Å²) in [6.45, 7) is 0. The molecule has 0 unspecified atom stereocenters. The van der Waals surface area contributed by atoms with Crippen LogP contribution in [-0.2, 0) is 4.79 Å². The molecular formula is C17H14N2O2. The summed E-state index contributed by atoms with van der Waals surface area (Å²) in [6, 6.07) is 18.1. The molecule has 0 heterocycles. The van der Waals surface area contributed by atoms with Crippen LogP contribution in [0.5, 0.6) is 5.75 Å². The van der Waals surface area contributed by atoms with Gasteiger partial charge in [0.2, 0.25) is 0 Å². The Labute approximate surface area is 123 Å². The van der Waals surface area contributed by atoms with Gasteiger partial charge in [-0.15, -0.1) is 0 Å². The summed E-state index contributed by atoms with van der Waals surface area (Å²) in [5, 5.41) is 11.9.